The third-order valence-electron chi connectivity index (χ3n) is 3.62. The number of anilines is 1. The maximum Gasteiger partial charge on any atom is 0.207 e. The van der Waals surface area contributed by atoms with Crippen LogP contribution in [0.1, 0.15) is 23.7 Å². The monoisotopic (exact) mass is 280 g/mol. The van der Waals surface area contributed by atoms with Crippen molar-refractivity contribution in [1.29, 1.82) is 5.26 Å². The molecule has 6 nitrogen and oxygen atoms in total. The fraction of sp³-hybridized carbons (Fsp3) is 0.267. The second-order valence-corrected chi connectivity index (χ2v) is 4.99. The molecule has 0 amide bonds. The number of nitrogens with zero attached hydrogens (tertiary/aromatic N) is 5. The Bertz CT molecular complexity index is 878. The highest BCUT2D eigenvalue weighted by Gasteiger charge is 2.19. The van der Waals surface area contributed by atoms with Crippen molar-refractivity contribution in [2.75, 3.05) is 5.73 Å². The van der Waals surface area contributed by atoms with Crippen LogP contribution in [-0.2, 0) is 6.54 Å². The summed E-state index contributed by atoms with van der Waals surface area (Å²) in [5.74, 6) is 0.408. The quantitative estimate of drug-likeness (QED) is 0.780. The second kappa shape index (κ2) is 4.63. The molecule has 0 aliphatic rings. The Morgan fingerprint density at radius 3 is 2.76 bits per heavy atom. The van der Waals surface area contributed by atoms with E-state index < -0.39 is 0 Å². The molecule has 3 aromatic rings. The Morgan fingerprint density at radius 1 is 1.33 bits per heavy atom. The van der Waals surface area contributed by atoms with Crippen molar-refractivity contribution in [1.82, 2.24) is 19.3 Å². The first-order valence-electron chi connectivity index (χ1n) is 6.79. The van der Waals surface area contributed by atoms with E-state index in [-0.39, 0.29) is 0 Å². The van der Waals surface area contributed by atoms with Gasteiger partial charge in [0.05, 0.1) is 23.0 Å². The Morgan fingerprint density at radius 2 is 2.10 bits per heavy atom. The Labute approximate surface area is 122 Å². The fourth-order valence-corrected chi connectivity index (χ4v) is 2.56. The van der Waals surface area contributed by atoms with Crippen molar-refractivity contribution in [3.8, 4) is 11.8 Å². The van der Waals surface area contributed by atoms with Gasteiger partial charge in [0.1, 0.15) is 5.52 Å². The zero-order valence-corrected chi connectivity index (χ0v) is 12.3. The first-order chi connectivity index (χ1) is 10.1. The molecule has 0 atom stereocenters. The number of imidazole rings is 1. The van der Waals surface area contributed by atoms with Gasteiger partial charge in [-0.15, -0.1) is 0 Å². The lowest BCUT2D eigenvalue weighted by atomic mass is 10.1. The fourth-order valence-electron chi connectivity index (χ4n) is 2.56. The summed E-state index contributed by atoms with van der Waals surface area (Å²) in [5, 5.41) is 13.6. The van der Waals surface area contributed by atoms with Crippen LogP contribution in [0, 0.1) is 25.2 Å². The van der Waals surface area contributed by atoms with Crippen LogP contribution in [0.3, 0.4) is 0 Å². The predicted molar refractivity (Wildman–Crippen MR) is 81.1 cm³/mol. The lowest BCUT2D eigenvalue weighted by molar-refractivity contribution is 0.663. The molecule has 3 rings (SSSR count). The van der Waals surface area contributed by atoms with Crippen LogP contribution in [0.25, 0.3) is 16.9 Å². The van der Waals surface area contributed by atoms with Gasteiger partial charge in [-0.2, -0.15) is 10.4 Å². The zero-order chi connectivity index (χ0) is 15.1. The van der Waals surface area contributed by atoms with Gasteiger partial charge >= 0.3 is 0 Å². The summed E-state index contributed by atoms with van der Waals surface area (Å²) in [5.41, 5.74) is 11.1. The van der Waals surface area contributed by atoms with Gasteiger partial charge in [0.15, 0.2) is 5.65 Å². The number of nitrogen functional groups attached to an aromatic ring is 1. The van der Waals surface area contributed by atoms with Crippen molar-refractivity contribution >= 4 is 17.1 Å². The standard InChI is InChI=1S/C15H16N6/c1-4-20-14-13(10(3)19-20)18-15(17)21(14)12-7-11(8-16)6-5-9(12)2/h5-7H,4H2,1-3H3,(H2,17,18). The van der Waals surface area contributed by atoms with Crippen LogP contribution in [0.15, 0.2) is 18.2 Å². The minimum atomic E-state index is 0.408. The van der Waals surface area contributed by atoms with E-state index in [0.717, 1.165) is 34.7 Å². The number of rotatable bonds is 2. The van der Waals surface area contributed by atoms with Crippen molar-refractivity contribution in [3.63, 3.8) is 0 Å². The molecular formula is C15H16N6. The molecule has 0 unspecified atom stereocenters. The number of nitrogens with two attached hydrogens (primary N) is 1. The number of fused-ring (bicyclic) bond motifs is 1. The summed E-state index contributed by atoms with van der Waals surface area (Å²) in [6.07, 6.45) is 0. The highest BCUT2D eigenvalue weighted by Crippen LogP contribution is 2.27. The molecule has 2 aromatic heterocycles. The molecular weight excluding hydrogens is 264 g/mol. The smallest absolute Gasteiger partial charge is 0.207 e. The van der Waals surface area contributed by atoms with E-state index in [0.29, 0.717) is 11.5 Å². The molecule has 0 saturated heterocycles. The van der Waals surface area contributed by atoms with Crippen molar-refractivity contribution in [2.45, 2.75) is 27.3 Å². The molecule has 0 fully saturated rings. The lowest BCUT2D eigenvalue weighted by Gasteiger charge is -2.11. The molecule has 6 heteroatoms. The van der Waals surface area contributed by atoms with Gasteiger partial charge in [0.2, 0.25) is 5.95 Å². The van der Waals surface area contributed by atoms with E-state index in [9.17, 15) is 0 Å². The molecule has 0 saturated carbocycles. The third kappa shape index (κ3) is 1.86. The second-order valence-electron chi connectivity index (χ2n) is 4.99. The van der Waals surface area contributed by atoms with Crippen LogP contribution < -0.4 is 5.73 Å². The molecule has 2 heterocycles. The molecule has 2 N–H and O–H groups in total. The Balaban J connectivity index is 2.40. The van der Waals surface area contributed by atoms with Crippen LogP contribution in [-0.4, -0.2) is 19.3 Å². The van der Waals surface area contributed by atoms with Crippen molar-refractivity contribution in [2.24, 2.45) is 0 Å². The summed E-state index contributed by atoms with van der Waals surface area (Å²) < 4.78 is 3.75. The first kappa shape index (κ1) is 13.2. The van der Waals surface area contributed by atoms with Gasteiger partial charge in [0.25, 0.3) is 0 Å². The predicted octanol–water partition coefficient (Wildman–Crippen LogP) is 2.31. The summed E-state index contributed by atoms with van der Waals surface area (Å²) in [6.45, 7) is 6.66. The number of benzene rings is 1. The molecule has 0 aliphatic heterocycles. The Hall–Kier alpha value is -2.81. The van der Waals surface area contributed by atoms with Gasteiger partial charge in [-0.25, -0.2) is 9.67 Å². The number of aromatic nitrogens is 4. The molecule has 21 heavy (non-hydrogen) atoms. The number of hydrogen-bond acceptors (Lipinski definition) is 4. The van der Waals surface area contributed by atoms with E-state index in [2.05, 4.69) is 16.2 Å². The molecule has 0 radical (unpaired) electrons. The lowest BCUT2D eigenvalue weighted by Crippen LogP contribution is -2.08. The third-order valence-corrected chi connectivity index (χ3v) is 3.62. The number of hydrogen-bond donors (Lipinski definition) is 1. The maximum atomic E-state index is 9.11. The van der Waals surface area contributed by atoms with Gasteiger partial charge in [-0.3, -0.25) is 4.57 Å². The number of aryl methyl sites for hydroxylation is 3. The summed E-state index contributed by atoms with van der Waals surface area (Å²) in [4.78, 5) is 4.43. The van der Waals surface area contributed by atoms with Crippen LogP contribution in [0.2, 0.25) is 0 Å². The SMILES string of the molecule is CCn1nc(C)c2nc(N)n(-c3cc(C#N)ccc3C)c21. The first-order valence-corrected chi connectivity index (χ1v) is 6.79. The van der Waals surface area contributed by atoms with E-state index in [4.69, 9.17) is 11.0 Å². The largest absolute Gasteiger partial charge is 0.369 e. The maximum absolute atomic E-state index is 9.11. The van der Waals surface area contributed by atoms with E-state index in [1.165, 1.54) is 0 Å². The van der Waals surface area contributed by atoms with Gasteiger partial charge in [-0.05, 0) is 38.5 Å². The highest BCUT2D eigenvalue weighted by molar-refractivity contribution is 5.80. The summed E-state index contributed by atoms with van der Waals surface area (Å²) in [6, 6.07) is 7.70. The van der Waals surface area contributed by atoms with E-state index in [1.807, 2.05) is 42.2 Å². The van der Waals surface area contributed by atoms with Gasteiger partial charge < -0.3 is 5.73 Å². The average molecular weight is 280 g/mol. The van der Waals surface area contributed by atoms with Crippen LogP contribution >= 0.6 is 0 Å². The topological polar surface area (TPSA) is 85.5 Å². The van der Waals surface area contributed by atoms with Crippen LogP contribution in [0.4, 0.5) is 5.95 Å². The molecule has 0 spiro atoms. The minimum absolute atomic E-state index is 0.408. The highest BCUT2D eigenvalue weighted by atomic mass is 15.4. The number of nitriles is 1. The minimum Gasteiger partial charge on any atom is -0.369 e. The average Bonchev–Trinajstić information content (AvgIpc) is 2.96. The Kier molecular flexibility index (Phi) is 2.91. The molecule has 1 aromatic carbocycles. The summed E-state index contributed by atoms with van der Waals surface area (Å²) >= 11 is 0. The summed E-state index contributed by atoms with van der Waals surface area (Å²) in [7, 11) is 0. The van der Waals surface area contributed by atoms with E-state index >= 15 is 0 Å². The van der Waals surface area contributed by atoms with Crippen LogP contribution in [0.5, 0.6) is 0 Å². The van der Waals surface area contributed by atoms with E-state index in [1.54, 1.807) is 6.07 Å². The van der Waals surface area contributed by atoms with Gasteiger partial charge in [-0.1, -0.05) is 6.07 Å². The van der Waals surface area contributed by atoms with Crippen molar-refractivity contribution in [3.05, 3.63) is 35.0 Å². The molecule has 0 bridgehead atoms. The van der Waals surface area contributed by atoms with Gasteiger partial charge in [0, 0.05) is 6.54 Å². The molecule has 106 valence electrons. The zero-order valence-electron chi connectivity index (χ0n) is 12.3. The molecule has 0 aliphatic carbocycles. The normalized spacial score (nSPS) is 11.0. The van der Waals surface area contributed by atoms with Crippen molar-refractivity contribution < 1.29 is 0 Å².